The maximum absolute atomic E-state index is 14.4. The molecule has 178 valence electrons. The van der Waals surface area contributed by atoms with Crippen LogP contribution in [0, 0.1) is 25.1 Å². The molecule has 0 unspecified atom stereocenters. The highest BCUT2D eigenvalue weighted by atomic mass is 19.1. The Labute approximate surface area is 203 Å². The Morgan fingerprint density at radius 3 is 2.77 bits per heavy atom. The van der Waals surface area contributed by atoms with Crippen molar-refractivity contribution in [3.8, 4) is 11.1 Å². The van der Waals surface area contributed by atoms with E-state index in [9.17, 15) is 9.18 Å². The van der Waals surface area contributed by atoms with Gasteiger partial charge in [0.05, 0.1) is 17.2 Å². The van der Waals surface area contributed by atoms with Crippen molar-refractivity contribution < 1.29 is 9.18 Å². The second-order valence-corrected chi connectivity index (χ2v) is 10.1. The molecule has 2 fully saturated rings. The summed E-state index contributed by atoms with van der Waals surface area (Å²) in [5.41, 5.74) is 6.03. The Morgan fingerprint density at radius 1 is 1.20 bits per heavy atom. The van der Waals surface area contributed by atoms with Crippen molar-refractivity contribution in [2.45, 2.75) is 33.2 Å². The van der Waals surface area contributed by atoms with Crippen LogP contribution >= 0.6 is 0 Å². The third-order valence-corrected chi connectivity index (χ3v) is 8.22. The number of anilines is 1. The number of likely N-dealkylation sites (tertiary alicyclic amines) is 1. The first-order valence-corrected chi connectivity index (χ1v) is 12.0. The molecule has 0 aliphatic carbocycles. The molecule has 1 amide bonds. The minimum Gasteiger partial charge on any atom is -0.353 e. The number of halogens is 1. The topological polar surface area (TPSA) is 65.1 Å². The van der Waals surface area contributed by atoms with Crippen molar-refractivity contribution in [2.24, 2.45) is 5.41 Å². The minimum absolute atomic E-state index is 0.0114. The first kappa shape index (κ1) is 21.8. The zero-order valence-corrected chi connectivity index (χ0v) is 20.2. The normalized spacial score (nSPS) is 19.0. The molecule has 4 heterocycles. The van der Waals surface area contributed by atoms with E-state index in [0.717, 1.165) is 70.4 Å². The minimum atomic E-state index is -0.299. The van der Waals surface area contributed by atoms with Gasteiger partial charge in [0.15, 0.2) is 0 Å². The van der Waals surface area contributed by atoms with E-state index in [1.165, 1.54) is 18.2 Å². The molecule has 6 nitrogen and oxygen atoms in total. The first-order valence-electron chi connectivity index (χ1n) is 12.0. The van der Waals surface area contributed by atoms with Gasteiger partial charge in [0.1, 0.15) is 11.6 Å². The van der Waals surface area contributed by atoms with Crippen LogP contribution in [0.1, 0.15) is 24.5 Å². The van der Waals surface area contributed by atoms with Crippen LogP contribution in [-0.4, -0.2) is 51.7 Å². The Morgan fingerprint density at radius 2 is 2.00 bits per heavy atom. The van der Waals surface area contributed by atoms with Crippen LogP contribution in [0.2, 0.25) is 0 Å². The van der Waals surface area contributed by atoms with Crippen LogP contribution in [-0.2, 0) is 4.79 Å². The van der Waals surface area contributed by atoms with Crippen molar-refractivity contribution in [2.75, 3.05) is 24.5 Å². The molecular formula is C28H28FN5O. The van der Waals surface area contributed by atoms with E-state index >= 15 is 0 Å². The van der Waals surface area contributed by atoms with Gasteiger partial charge in [-0.3, -0.25) is 9.89 Å². The molecule has 2 aromatic carbocycles. The molecule has 1 atom stereocenters. The number of hydrogen-bond donors (Lipinski definition) is 1. The number of benzene rings is 2. The highest BCUT2D eigenvalue weighted by molar-refractivity contribution is 6.07. The van der Waals surface area contributed by atoms with Gasteiger partial charge in [-0.15, -0.1) is 0 Å². The number of nitrogens with one attached hydrogen (secondary N) is 1. The maximum atomic E-state index is 14.4. The van der Waals surface area contributed by atoms with Crippen molar-refractivity contribution >= 4 is 33.5 Å². The molecule has 1 N–H and O–H groups in total. The fourth-order valence-electron chi connectivity index (χ4n) is 6.17. The molecular weight excluding hydrogens is 441 g/mol. The number of hydrogen-bond acceptors (Lipinski definition) is 4. The van der Waals surface area contributed by atoms with Crippen molar-refractivity contribution in [1.82, 2.24) is 20.1 Å². The fourth-order valence-corrected chi connectivity index (χ4v) is 6.17. The van der Waals surface area contributed by atoms with Gasteiger partial charge >= 0.3 is 0 Å². The average Bonchev–Trinajstić information content (AvgIpc) is 3.42. The van der Waals surface area contributed by atoms with Crippen LogP contribution < -0.4 is 4.90 Å². The van der Waals surface area contributed by atoms with Gasteiger partial charge in [-0.1, -0.05) is 12.6 Å². The monoisotopic (exact) mass is 469 g/mol. The van der Waals surface area contributed by atoms with Gasteiger partial charge < -0.3 is 9.80 Å². The van der Waals surface area contributed by atoms with Crippen molar-refractivity contribution in [3.05, 3.63) is 66.1 Å². The molecule has 2 aromatic heterocycles. The van der Waals surface area contributed by atoms with Crippen LogP contribution in [0.25, 0.3) is 32.9 Å². The van der Waals surface area contributed by atoms with E-state index in [2.05, 4.69) is 48.5 Å². The summed E-state index contributed by atoms with van der Waals surface area (Å²) in [7, 11) is 0. The Balaban J connectivity index is 1.52. The molecule has 2 aliphatic rings. The Bertz CT molecular complexity index is 1520. The summed E-state index contributed by atoms with van der Waals surface area (Å²) in [6.45, 7) is 12.4. The second-order valence-electron chi connectivity index (χ2n) is 10.1. The molecule has 4 aromatic rings. The number of amides is 1. The molecule has 2 aliphatic heterocycles. The molecule has 2 saturated heterocycles. The quantitative estimate of drug-likeness (QED) is 0.422. The number of aryl methyl sites for hydroxylation is 1. The summed E-state index contributed by atoms with van der Waals surface area (Å²) in [5, 5.41) is 9.33. The summed E-state index contributed by atoms with van der Waals surface area (Å²) in [4.78, 5) is 21.3. The summed E-state index contributed by atoms with van der Waals surface area (Å²) in [6, 6.07) is 9.20. The number of H-pyrrole nitrogens is 1. The molecule has 0 bridgehead atoms. The largest absolute Gasteiger partial charge is 0.353 e. The Hall–Kier alpha value is -3.74. The Kier molecular flexibility index (Phi) is 4.75. The highest BCUT2D eigenvalue weighted by Crippen LogP contribution is 2.48. The van der Waals surface area contributed by atoms with Crippen LogP contribution in [0.4, 0.5) is 10.2 Å². The summed E-state index contributed by atoms with van der Waals surface area (Å²) in [6.07, 6.45) is 4.24. The van der Waals surface area contributed by atoms with Gasteiger partial charge in [0, 0.05) is 53.5 Å². The molecule has 6 rings (SSSR count). The lowest BCUT2D eigenvalue weighted by atomic mass is 9.74. The smallest absolute Gasteiger partial charge is 0.245 e. The van der Waals surface area contributed by atoms with Crippen molar-refractivity contribution in [3.63, 3.8) is 0 Å². The number of pyridine rings is 1. The molecule has 1 spiro atoms. The number of nitrogens with zero attached hydrogens (tertiary/aromatic N) is 4. The van der Waals surface area contributed by atoms with Crippen LogP contribution in [0.5, 0.6) is 0 Å². The van der Waals surface area contributed by atoms with E-state index < -0.39 is 0 Å². The lowest BCUT2D eigenvalue weighted by Gasteiger charge is -2.51. The predicted octanol–water partition coefficient (Wildman–Crippen LogP) is 5.15. The number of aromatic amines is 1. The van der Waals surface area contributed by atoms with E-state index in [4.69, 9.17) is 4.98 Å². The van der Waals surface area contributed by atoms with Crippen LogP contribution in [0.15, 0.2) is 49.2 Å². The zero-order valence-electron chi connectivity index (χ0n) is 20.2. The summed E-state index contributed by atoms with van der Waals surface area (Å²) >= 11 is 0. The number of carbonyl (C=O) groups is 1. The van der Waals surface area contributed by atoms with Gasteiger partial charge in [-0.25, -0.2) is 9.37 Å². The molecule has 7 heteroatoms. The molecule has 0 saturated carbocycles. The van der Waals surface area contributed by atoms with Gasteiger partial charge in [-0.2, -0.15) is 5.10 Å². The molecule has 0 radical (unpaired) electrons. The fraction of sp³-hybridized carbons (Fsp3) is 0.321. The van der Waals surface area contributed by atoms with Crippen molar-refractivity contribution in [1.29, 1.82) is 0 Å². The average molecular weight is 470 g/mol. The third-order valence-electron chi connectivity index (χ3n) is 8.22. The summed E-state index contributed by atoms with van der Waals surface area (Å²) < 4.78 is 14.4. The van der Waals surface area contributed by atoms with E-state index in [-0.39, 0.29) is 23.2 Å². The van der Waals surface area contributed by atoms with Gasteiger partial charge in [-0.05, 0) is 68.2 Å². The van der Waals surface area contributed by atoms with Gasteiger partial charge in [0.25, 0.3) is 0 Å². The lowest BCUT2D eigenvalue weighted by Crippen LogP contribution is -2.62. The number of fused-ring (bicyclic) bond motifs is 2. The predicted molar refractivity (Wildman–Crippen MR) is 137 cm³/mol. The number of aromatic nitrogens is 3. The number of carbonyl (C=O) groups excluding carboxylic acids is 1. The zero-order chi connectivity index (χ0) is 24.5. The van der Waals surface area contributed by atoms with Gasteiger partial charge in [0.2, 0.25) is 5.91 Å². The van der Waals surface area contributed by atoms with E-state index in [1.807, 2.05) is 23.2 Å². The molecule has 35 heavy (non-hydrogen) atoms. The standard InChI is InChI=1S/C28H28FN5O/c1-5-24(35)33-14-28(15-33)10-11-34(18(28)4)27-17(3)26(20-8-7-19(29)12-23(20)31-27)25-16(2)6-9-22-21(25)13-30-32-22/h5-9,12-13,18H,1,10-11,14-15H2,2-4H3,(H,30,32)/t18-/m0/s1. The highest BCUT2D eigenvalue weighted by Gasteiger charge is 2.54. The lowest BCUT2D eigenvalue weighted by molar-refractivity contribution is -0.138. The SMILES string of the molecule is C=CC(=O)N1CC2(CCN(c3nc4cc(F)ccc4c(-c4c(C)ccc5[nH]ncc45)c3C)[C@H]2C)C1. The van der Waals surface area contributed by atoms with Crippen LogP contribution in [0.3, 0.4) is 0 Å². The summed E-state index contributed by atoms with van der Waals surface area (Å²) in [5.74, 6) is 0.575. The third kappa shape index (κ3) is 3.10. The van der Waals surface area contributed by atoms with E-state index in [0.29, 0.717) is 5.52 Å². The first-order chi connectivity index (χ1) is 16.8. The van der Waals surface area contributed by atoms with E-state index in [1.54, 1.807) is 0 Å². The number of rotatable bonds is 3. The second kappa shape index (κ2) is 7.63. The maximum Gasteiger partial charge on any atom is 0.245 e.